The number of H-pyrrole nitrogens is 1. The molecule has 0 bridgehead atoms. The van der Waals surface area contributed by atoms with Crippen LogP contribution in [0.15, 0.2) is 0 Å². The number of nitrogens with one attached hydrogen (secondary N) is 1. The average Bonchev–Trinajstić information content (AvgIpc) is 2.73. The van der Waals surface area contributed by atoms with E-state index >= 15 is 0 Å². The fraction of sp³-hybridized carbons (Fsp3) is 0.700. The van der Waals surface area contributed by atoms with Crippen molar-refractivity contribution in [2.75, 3.05) is 12.3 Å². The molecule has 0 saturated carbocycles. The van der Waals surface area contributed by atoms with Crippen LogP contribution in [-0.2, 0) is 16.8 Å². The van der Waals surface area contributed by atoms with Gasteiger partial charge in [-0.3, -0.25) is 5.10 Å². The molecule has 2 heterocycles. The summed E-state index contributed by atoms with van der Waals surface area (Å²) in [7, 11) is 0. The first-order valence-electron chi connectivity index (χ1n) is 5.14. The predicted molar refractivity (Wildman–Crippen MR) is 54.9 cm³/mol. The highest BCUT2D eigenvalue weighted by Crippen LogP contribution is 2.37. The summed E-state index contributed by atoms with van der Waals surface area (Å²) in [5.41, 5.74) is 7.75. The van der Waals surface area contributed by atoms with Crippen LogP contribution in [-0.4, -0.2) is 16.8 Å². The van der Waals surface area contributed by atoms with Crippen LogP contribution in [0, 0.1) is 0 Å². The number of rotatable bonds is 2. The third-order valence-electron chi connectivity index (χ3n) is 3.00. The SMILES string of the molecule is CCc1c(N)n[nH]c1C1(C)CCCO1. The number of nitrogen functional groups attached to an aromatic ring is 1. The van der Waals surface area contributed by atoms with Crippen molar-refractivity contribution in [1.82, 2.24) is 10.2 Å². The number of nitrogens with zero attached hydrogens (tertiary/aromatic N) is 1. The summed E-state index contributed by atoms with van der Waals surface area (Å²) in [6, 6.07) is 0. The fourth-order valence-corrected chi connectivity index (χ4v) is 2.15. The van der Waals surface area contributed by atoms with E-state index in [1.165, 1.54) is 0 Å². The zero-order valence-electron chi connectivity index (χ0n) is 8.76. The first-order chi connectivity index (χ1) is 6.67. The molecule has 1 aromatic rings. The van der Waals surface area contributed by atoms with Crippen molar-refractivity contribution in [3.05, 3.63) is 11.3 Å². The van der Waals surface area contributed by atoms with Gasteiger partial charge >= 0.3 is 0 Å². The van der Waals surface area contributed by atoms with Gasteiger partial charge in [-0.2, -0.15) is 5.10 Å². The minimum Gasteiger partial charge on any atom is -0.382 e. The molecule has 14 heavy (non-hydrogen) atoms. The van der Waals surface area contributed by atoms with Crippen molar-refractivity contribution < 1.29 is 4.74 Å². The summed E-state index contributed by atoms with van der Waals surface area (Å²) in [6.07, 6.45) is 3.05. The highest BCUT2D eigenvalue weighted by Gasteiger charge is 2.35. The van der Waals surface area contributed by atoms with Gasteiger partial charge in [0, 0.05) is 12.2 Å². The number of aromatic amines is 1. The van der Waals surface area contributed by atoms with Crippen LogP contribution in [0.4, 0.5) is 5.82 Å². The van der Waals surface area contributed by atoms with Gasteiger partial charge in [-0.15, -0.1) is 0 Å². The van der Waals surface area contributed by atoms with Gasteiger partial charge in [0.25, 0.3) is 0 Å². The molecule has 1 aromatic heterocycles. The Morgan fingerprint density at radius 1 is 1.64 bits per heavy atom. The first kappa shape index (κ1) is 9.52. The van der Waals surface area contributed by atoms with E-state index in [1.54, 1.807) is 0 Å². The van der Waals surface area contributed by atoms with Crippen molar-refractivity contribution in [1.29, 1.82) is 0 Å². The molecule has 1 atom stereocenters. The summed E-state index contributed by atoms with van der Waals surface area (Å²) in [6.45, 7) is 5.02. The average molecular weight is 195 g/mol. The van der Waals surface area contributed by atoms with Crippen LogP contribution in [0.3, 0.4) is 0 Å². The Kier molecular flexibility index (Phi) is 2.23. The van der Waals surface area contributed by atoms with Crippen molar-refractivity contribution in [3.8, 4) is 0 Å². The lowest BCUT2D eigenvalue weighted by molar-refractivity contribution is 0.0125. The summed E-state index contributed by atoms with van der Waals surface area (Å²) in [5, 5.41) is 7.06. The number of hydrogen-bond donors (Lipinski definition) is 2. The van der Waals surface area contributed by atoms with Crippen LogP contribution in [0.5, 0.6) is 0 Å². The van der Waals surface area contributed by atoms with Gasteiger partial charge in [-0.05, 0) is 26.2 Å². The number of anilines is 1. The molecular weight excluding hydrogens is 178 g/mol. The molecule has 78 valence electrons. The van der Waals surface area contributed by atoms with E-state index in [0.717, 1.165) is 37.1 Å². The highest BCUT2D eigenvalue weighted by molar-refractivity contribution is 5.44. The van der Waals surface area contributed by atoms with Crippen molar-refractivity contribution >= 4 is 5.82 Å². The quantitative estimate of drug-likeness (QED) is 0.753. The molecule has 0 aromatic carbocycles. The normalized spacial score (nSPS) is 27.0. The highest BCUT2D eigenvalue weighted by atomic mass is 16.5. The summed E-state index contributed by atoms with van der Waals surface area (Å²) in [4.78, 5) is 0. The number of hydrogen-bond acceptors (Lipinski definition) is 3. The lowest BCUT2D eigenvalue weighted by atomic mass is 9.94. The van der Waals surface area contributed by atoms with Crippen LogP contribution >= 0.6 is 0 Å². The summed E-state index contributed by atoms with van der Waals surface area (Å²) in [5.74, 6) is 0.610. The molecule has 1 aliphatic heterocycles. The monoisotopic (exact) mass is 195 g/mol. The third kappa shape index (κ3) is 1.30. The second kappa shape index (κ2) is 3.28. The molecule has 1 unspecified atom stereocenters. The summed E-state index contributed by atoms with van der Waals surface area (Å²) >= 11 is 0. The van der Waals surface area contributed by atoms with Crippen LogP contribution in [0.25, 0.3) is 0 Å². The molecule has 1 saturated heterocycles. The molecule has 0 spiro atoms. The van der Waals surface area contributed by atoms with Gasteiger partial charge in [0.1, 0.15) is 11.4 Å². The van der Waals surface area contributed by atoms with E-state index in [-0.39, 0.29) is 5.60 Å². The molecule has 4 nitrogen and oxygen atoms in total. The molecule has 3 N–H and O–H groups in total. The number of aromatic nitrogens is 2. The van der Waals surface area contributed by atoms with E-state index in [9.17, 15) is 0 Å². The Balaban J connectivity index is 2.39. The molecular formula is C10H17N3O. The zero-order valence-corrected chi connectivity index (χ0v) is 8.76. The minimum absolute atomic E-state index is 0.198. The topological polar surface area (TPSA) is 63.9 Å². The second-order valence-electron chi connectivity index (χ2n) is 4.00. The Bertz CT molecular complexity index is 326. The first-order valence-corrected chi connectivity index (χ1v) is 5.14. The van der Waals surface area contributed by atoms with Gasteiger partial charge in [0.05, 0.1) is 5.69 Å². The predicted octanol–water partition coefficient (Wildman–Crippen LogP) is 1.58. The Morgan fingerprint density at radius 3 is 3.00 bits per heavy atom. The van der Waals surface area contributed by atoms with E-state index in [2.05, 4.69) is 24.0 Å². The van der Waals surface area contributed by atoms with Crippen LogP contribution in [0.1, 0.15) is 37.9 Å². The van der Waals surface area contributed by atoms with E-state index < -0.39 is 0 Å². The Hall–Kier alpha value is -1.03. The molecule has 0 amide bonds. The molecule has 1 aliphatic rings. The number of nitrogens with two attached hydrogens (primary N) is 1. The van der Waals surface area contributed by atoms with Crippen LogP contribution in [0.2, 0.25) is 0 Å². The maximum absolute atomic E-state index is 5.78. The summed E-state index contributed by atoms with van der Waals surface area (Å²) < 4.78 is 5.76. The van der Waals surface area contributed by atoms with Crippen molar-refractivity contribution in [2.45, 2.75) is 38.7 Å². The van der Waals surface area contributed by atoms with Gasteiger partial charge in [0.2, 0.25) is 0 Å². The largest absolute Gasteiger partial charge is 0.382 e. The Morgan fingerprint density at radius 2 is 2.43 bits per heavy atom. The lowest BCUT2D eigenvalue weighted by Crippen LogP contribution is -2.22. The van der Waals surface area contributed by atoms with Gasteiger partial charge in [-0.1, -0.05) is 6.92 Å². The van der Waals surface area contributed by atoms with Gasteiger partial charge in [0.15, 0.2) is 0 Å². The lowest BCUT2D eigenvalue weighted by Gasteiger charge is -2.22. The standard InChI is InChI=1S/C10H17N3O/c1-3-7-8(12-13-9(7)11)10(2)5-4-6-14-10/h3-6H2,1-2H3,(H3,11,12,13). The van der Waals surface area contributed by atoms with Gasteiger partial charge in [-0.25, -0.2) is 0 Å². The van der Waals surface area contributed by atoms with Crippen LogP contribution < -0.4 is 5.73 Å². The minimum atomic E-state index is -0.198. The maximum atomic E-state index is 5.78. The molecule has 1 fully saturated rings. The zero-order chi connectivity index (χ0) is 10.2. The fourth-order valence-electron chi connectivity index (χ4n) is 2.15. The van der Waals surface area contributed by atoms with E-state index in [1.807, 2.05) is 0 Å². The number of ether oxygens (including phenoxy) is 1. The molecule has 2 rings (SSSR count). The van der Waals surface area contributed by atoms with E-state index in [4.69, 9.17) is 10.5 Å². The van der Waals surface area contributed by atoms with E-state index in [0.29, 0.717) is 5.82 Å². The Labute approximate surface area is 83.8 Å². The smallest absolute Gasteiger partial charge is 0.148 e. The molecule has 4 heteroatoms. The maximum Gasteiger partial charge on any atom is 0.148 e. The third-order valence-corrected chi connectivity index (χ3v) is 3.00. The van der Waals surface area contributed by atoms with Gasteiger partial charge < -0.3 is 10.5 Å². The van der Waals surface area contributed by atoms with Crippen molar-refractivity contribution in [2.24, 2.45) is 0 Å². The molecule has 0 radical (unpaired) electrons. The second-order valence-corrected chi connectivity index (χ2v) is 4.00. The van der Waals surface area contributed by atoms with Crippen molar-refractivity contribution in [3.63, 3.8) is 0 Å². The molecule has 0 aliphatic carbocycles.